The molecule has 0 atom stereocenters. The largest absolute Gasteiger partial charge is 0.487 e. The Balaban J connectivity index is 2.17. The van der Waals surface area contributed by atoms with Crippen molar-refractivity contribution in [2.45, 2.75) is 25.9 Å². The predicted octanol–water partition coefficient (Wildman–Crippen LogP) is 2.49. The number of carbonyl (C=O) groups is 1. The van der Waals surface area contributed by atoms with Gasteiger partial charge in [0.25, 0.3) is 0 Å². The molecular weight excluding hydrogens is 216 g/mol. The van der Waals surface area contributed by atoms with Crippen molar-refractivity contribution in [1.82, 2.24) is 4.90 Å². The summed E-state index contributed by atoms with van der Waals surface area (Å²) in [4.78, 5) is 13.0. The first-order valence-corrected chi connectivity index (χ1v) is 5.68. The number of carbonyl (C=O) groups excluding carboxylic acids is 1. The lowest BCUT2D eigenvalue weighted by Gasteiger charge is -2.17. The van der Waals surface area contributed by atoms with Crippen LogP contribution in [0.1, 0.15) is 19.4 Å². The molecule has 0 bridgehead atoms. The SMILES string of the molecule is CN(C)C(=O)Nc1ccc2c(c1)OC(C)(C)C2. The van der Waals surface area contributed by atoms with Gasteiger partial charge in [0, 0.05) is 32.3 Å². The van der Waals surface area contributed by atoms with E-state index >= 15 is 0 Å². The molecule has 0 saturated carbocycles. The number of ether oxygens (including phenoxy) is 1. The number of benzene rings is 1. The van der Waals surface area contributed by atoms with Crippen molar-refractivity contribution >= 4 is 11.7 Å². The minimum Gasteiger partial charge on any atom is -0.487 e. The lowest BCUT2D eigenvalue weighted by atomic mass is 10.0. The summed E-state index contributed by atoms with van der Waals surface area (Å²) in [5.41, 5.74) is 1.81. The van der Waals surface area contributed by atoms with Gasteiger partial charge in [-0.25, -0.2) is 4.79 Å². The zero-order chi connectivity index (χ0) is 12.6. The Morgan fingerprint density at radius 3 is 2.76 bits per heavy atom. The first-order chi connectivity index (χ1) is 7.87. The van der Waals surface area contributed by atoms with Crippen LogP contribution in [0.3, 0.4) is 0 Å². The minimum atomic E-state index is -0.146. The highest BCUT2D eigenvalue weighted by molar-refractivity contribution is 5.89. The molecule has 1 N–H and O–H groups in total. The second-order valence-corrected chi connectivity index (χ2v) is 5.19. The van der Waals surface area contributed by atoms with Crippen LogP contribution in [0.4, 0.5) is 10.5 Å². The molecule has 1 aromatic rings. The molecule has 1 aliphatic heterocycles. The summed E-state index contributed by atoms with van der Waals surface area (Å²) >= 11 is 0. The van der Waals surface area contributed by atoms with E-state index in [-0.39, 0.29) is 11.6 Å². The molecular formula is C13H18N2O2. The Morgan fingerprint density at radius 1 is 1.41 bits per heavy atom. The van der Waals surface area contributed by atoms with Gasteiger partial charge < -0.3 is 15.0 Å². The lowest BCUT2D eigenvalue weighted by molar-refractivity contribution is 0.138. The summed E-state index contributed by atoms with van der Waals surface area (Å²) in [6.45, 7) is 4.12. The average molecular weight is 234 g/mol. The molecule has 0 radical (unpaired) electrons. The van der Waals surface area contributed by atoms with E-state index in [4.69, 9.17) is 4.74 Å². The Bertz CT molecular complexity index is 453. The molecule has 17 heavy (non-hydrogen) atoms. The zero-order valence-electron chi connectivity index (χ0n) is 10.7. The number of nitrogens with one attached hydrogen (secondary N) is 1. The number of urea groups is 1. The van der Waals surface area contributed by atoms with Crippen molar-refractivity contribution in [3.05, 3.63) is 23.8 Å². The van der Waals surface area contributed by atoms with Crippen LogP contribution in [0.2, 0.25) is 0 Å². The molecule has 1 aromatic carbocycles. The van der Waals surface area contributed by atoms with Gasteiger partial charge in [-0.2, -0.15) is 0 Å². The van der Waals surface area contributed by atoms with Gasteiger partial charge in [0.2, 0.25) is 0 Å². The highest BCUT2D eigenvalue weighted by Crippen LogP contribution is 2.36. The van der Waals surface area contributed by atoms with Crippen molar-refractivity contribution in [2.24, 2.45) is 0 Å². The van der Waals surface area contributed by atoms with Crippen molar-refractivity contribution in [3.63, 3.8) is 0 Å². The van der Waals surface area contributed by atoms with E-state index < -0.39 is 0 Å². The molecule has 1 aliphatic rings. The monoisotopic (exact) mass is 234 g/mol. The molecule has 2 rings (SSSR count). The van der Waals surface area contributed by atoms with Crippen LogP contribution in [-0.2, 0) is 6.42 Å². The van der Waals surface area contributed by atoms with Crippen molar-refractivity contribution in [3.8, 4) is 5.75 Å². The maximum absolute atomic E-state index is 11.5. The Kier molecular flexibility index (Phi) is 2.73. The molecule has 1 heterocycles. The third kappa shape index (κ3) is 2.52. The second kappa shape index (κ2) is 3.95. The summed E-state index contributed by atoms with van der Waals surface area (Å²) in [5, 5.41) is 2.81. The van der Waals surface area contributed by atoms with Gasteiger partial charge in [-0.1, -0.05) is 6.07 Å². The third-order valence-electron chi connectivity index (χ3n) is 2.73. The van der Waals surface area contributed by atoms with Crippen molar-refractivity contribution < 1.29 is 9.53 Å². The minimum absolute atomic E-state index is 0.137. The third-order valence-corrected chi connectivity index (χ3v) is 2.73. The lowest BCUT2D eigenvalue weighted by Crippen LogP contribution is -2.27. The fourth-order valence-corrected chi connectivity index (χ4v) is 1.90. The van der Waals surface area contributed by atoms with Crippen molar-refractivity contribution in [1.29, 1.82) is 0 Å². The molecule has 0 saturated heterocycles. The summed E-state index contributed by atoms with van der Waals surface area (Å²) < 4.78 is 5.81. The second-order valence-electron chi connectivity index (χ2n) is 5.19. The van der Waals surface area contributed by atoms with Crippen molar-refractivity contribution in [2.75, 3.05) is 19.4 Å². The van der Waals surface area contributed by atoms with Crippen LogP contribution in [0.15, 0.2) is 18.2 Å². The molecule has 2 amide bonds. The zero-order valence-corrected chi connectivity index (χ0v) is 10.7. The number of amides is 2. The number of anilines is 1. The number of fused-ring (bicyclic) bond motifs is 1. The summed E-state index contributed by atoms with van der Waals surface area (Å²) in [7, 11) is 3.42. The van der Waals surface area contributed by atoms with Crippen LogP contribution in [0.5, 0.6) is 5.75 Å². The molecule has 92 valence electrons. The summed E-state index contributed by atoms with van der Waals surface area (Å²) in [5.74, 6) is 0.867. The number of rotatable bonds is 1. The number of nitrogens with zero attached hydrogens (tertiary/aromatic N) is 1. The van der Waals surface area contributed by atoms with E-state index in [1.54, 1.807) is 14.1 Å². The highest BCUT2D eigenvalue weighted by atomic mass is 16.5. The average Bonchev–Trinajstić information content (AvgIpc) is 2.50. The van der Waals surface area contributed by atoms with Crippen LogP contribution < -0.4 is 10.1 Å². The van der Waals surface area contributed by atoms with Gasteiger partial charge in [0.05, 0.1) is 0 Å². The maximum atomic E-state index is 11.5. The van der Waals surface area contributed by atoms with Crippen LogP contribution in [0, 0.1) is 0 Å². The molecule has 0 fully saturated rings. The Labute approximate surface area is 102 Å². The Hall–Kier alpha value is -1.71. The van der Waals surface area contributed by atoms with Crippen LogP contribution in [0.25, 0.3) is 0 Å². The van der Waals surface area contributed by atoms with Crippen LogP contribution in [-0.4, -0.2) is 30.6 Å². The maximum Gasteiger partial charge on any atom is 0.321 e. The molecule has 0 unspecified atom stereocenters. The number of hydrogen-bond acceptors (Lipinski definition) is 2. The standard InChI is InChI=1S/C13H18N2O2/c1-13(2)8-9-5-6-10(7-11(9)17-13)14-12(16)15(3)4/h5-7H,8H2,1-4H3,(H,14,16). The molecule has 0 aromatic heterocycles. The van der Waals surface area contributed by atoms with Gasteiger partial charge in [-0.15, -0.1) is 0 Å². The molecule has 4 nitrogen and oxygen atoms in total. The predicted molar refractivity (Wildman–Crippen MR) is 67.6 cm³/mol. The summed E-state index contributed by atoms with van der Waals surface area (Å²) in [6, 6.07) is 5.66. The van der Waals surface area contributed by atoms with E-state index in [0.29, 0.717) is 0 Å². The Morgan fingerprint density at radius 2 is 2.12 bits per heavy atom. The van der Waals surface area contributed by atoms with Gasteiger partial charge in [-0.05, 0) is 25.5 Å². The fraction of sp³-hybridized carbons (Fsp3) is 0.462. The van der Waals surface area contributed by atoms with E-state index in [2.05, 4.69) is 19.2 Å². The van der Waals surface area contributed by atoms with Gasteiger partial charge in [0.15, 0.2) is 0 Å². The smallest absolute Gasteiger partial charge is 0.321 e. The molecule has 4 heteroatoms. The van der Waals surface area contributed by atoms with E-state index in [1.165, 1.54) is 10.5 Å². The topological polar surface area (TPSA) is 41.6 Å². The fourth-order valence-electron chi connectivity index (χ4n) is 1.90. The first kappa shape index (κ1) is 11.8. The normalized spacial score (nSPS) is 16.0. The van der Waals surface area contributed by atoms with E-state index in [1.807, 2.05) is 18.2 Å². The van der Waals surface area contributed by atoms with Gasteiger partial charge in [0.1, 0.15) is 11.4 Å². The quantitative estimate of drug-likeness (QED) is 0.811. The van der Waals surface area contributed by atoms with Crippen LogP contribution >= 0.6 is 0 Å². The molecule has 0 spiro atoms. The highest BCUT2D eigenvalue weighted by Gasteiger charge is 2.29. The summed E-state index contributed by atoms with van der Waals surface area (Å²) in [6.07, 6.45) is 0.907. The number of hydrogen-bond donors (Lipinski definition) is 1. The first-order valence-electron chi connectivity index (χ1n) is 5.68. The van der Waals surface area contributed by atoms with Gasteiger partial charge >= 0.3 is 6.03 Å². The van der Waals surface area contributed by atoms with E-state index in [0.717, 1.165) is 17.9 Å². The molecule has 0 aliphatic carbocycles. The van der Waals surface area contributed by atoms with Gasteiger partial charge in [-0.3, -0.25) is 0 Å². The van der Waals surface area contributed by atoms with E-state index in [9.17, 15) is 4.79 Å².